The van der Waals surface area contributed by atoms with Crippen molar-refractivity contribution in [3.8, 4) is 5.88 Å². The number of nitrogens with one attached hydrogen (secondary N) is 3. The van der Waals surface area contributed by atoms with E-state index in [9.17, 15) is 14.4 Å². The molecule has 3 heterocycles. The minimum absolute atomic E-state index is 0.0589. The Morgan fingerprint density at radius 2 is 2.00 bits per heavy atom. The van der Waals surface area contributed by atoms with Gasteiger partial charge in [0.2, 0.25) is 5.88 Å². The average Bonchev–Trinajstić information content (AvgIpc) is 3.31. The smallest absolute Gasteiger partial charge is 0.261 e. The molecule has 0 aliphatic carbocycles. The van der Waals surface area contributed by atoms with Crippen LogP contribution in [0.3, 0.4) is 0 Å². The van der Waals surface area contributed by atoms with Crippen molar-refractivity contribution in [2.24, 2.45) is 0 Å². The van der Waals surface area contributed by atoms with Crippen molar-refractivity contribution in [1.29, 1.82) is 0 Å². The second-order valence-corrected chi connectivity index (χ2v) is 8.10. The molecule has 0 atom stereocenters. The zero-order valence-corrected chi connectivity index (χ0v) is 18.2. The van der Waals surface area contributed by atoms with E-state index in [0.717, 1.165) is 10.4 Å². The Morgan fingerprint density at radius 3 is 2.75 bits per heavy atom. The molecule has 0 saturated heterocycles. The molecule has 2 amide bonds. The van der Waals surface area contributed by atoms with Gasteiger partial charge in [-0.15, -0.1) is 11.3 Å². The molecule has 0 aliphatic rings. The number of methoxy groups -OCH3 is 1. The number of pyridine rings is 2. The number of aryl methyl sites for hydroxylation is 1. The zero-order chi connectivity index (χ0) is 22.7. The van der Waals surface area contributed by atoms with E-state index in [2.05, 4.69) is 20.6 Å². The molecule has 1 aromatic carbocycles. The monoisotopic (exact) mass is 448 g/mol. The van der Waals surface area contributed by atoms with Gasteiger partial charge in [-0.05, 0) is 42.1 Å². The van der Waals surface area contributed by atoms with E-state index < -0.39 is 11.5 Å². The van der Waals surface area contributed by atoms with Gasteiger partial charge in [-0.25, -0.2) is 4.98 Å². The number of thiophene rings is 1. The normalized spacial score (nSPS) is 10.7. The number of amides is 2. The molecule has 0 saturated carbocycles. The summed E-state index contributed by atoms with van der Waals surface area (Å²) >= 11 is 1.56. The van der Waals surface area contributed by atoms with E-state index in [1.165, 1.54) is 19.4 Å². The first-order valence-electron chi connectivity index (χ1n) is 9.74. The lowest BCUT2D eigenvalue weighted by Gasteiger charge is -2.11. The SMILES string of the molecule is COc1cc2[nH]c(=O)c(C(=O)Nc3cc(C(=O)NCc4cccs4)ccc3C)cc2cn1. The van der Waals surface area contributed by atoms with Gasteiger partial charge >= 0.3 is 0 Å². The van der Waals surface area contributed by atoms with Crippen LogP contribution in [0.15, 0.2) is 58.8 Å². The summed E-state index contributed by atoms with van der Waals surface area (Å²) in [5, 5.41) is 8.13. The number of benzene rings is 1. The molecule has 4 aromatic rings. The van der Waals surface area contributed by atoms with Crippen molar-refractivity contribution >= 4 is 39.7 Å². The maximum Gasteiger partial charge on any atom is 0.261 e. The number of H-pyrrole nitrogens is 1. The topological polar surface area (TPSA) is 113 Å². The number of nitrogens with zero attached hydrogens (tertiary/aromatic N) is 1. The minimum Gasteiger partial charge on any atom is -0.481 e. The van der Waals surface area contributed by atoms with E-state index >= 15 is 0 Å². The molecule has 8 nitrogen and oxygen atoms in total. The number of fused-ring (bicyclic) bond motifs is 1. The maximum atomic E-state index is 12.8. The van der Waals surface area contributed by atoms with E-state index in [4.69, 9.17) is 4.74 Å². The van der Waals surface area contributed by atoms with Gasteiger partial charge in [-0.2, -0.15) is 0 Å². The molecule has 0 spiro atoms. The number of aromatic amines is 1. The third-order valence-electron chi connectivity index (χ3n) is 4.91. The second kappa shape index (κ2) is 9.03. The first kappa shape index (κ1) is 21.3. The summed E-state index contributed by atoms with van der Waals surface area (Å²) in [4.78, 5) is 45.7. The lowest BCUT2D eigenvalue weighted by Crippen LogP contribution is -2.24. The molecular formula is C23H20N4O4S. The predicted octanol–water partition coefficient (Wildman–Crippen LogP) is 3.48. The van der Waals surface area contributed by atoms with Gasteiger partial charge in [0.05, 0.1) is 19.2 Å². The van der Waals surface area contributed by atoms with Crippen LogP contribution >= 0.6 is 11.3 Å². The van der Waals surface area contributed by atoms with Gasteiger partial charge in [-0.3, -0.25) is 14.4 Å². The zero-order valence-electron chi connectivity index (χ0n) is 17.4. The predicted molar refractivity (Wildman–Crippen MR) is 124 cm³/mol. The van der Waals surface area contributed by atoms with Crippen LogP contribution in [-0.2, 0) is 6.54 Å². The summed E-state index contributed by atoms with van der Waals surface area (Å²) in [6.45, 7) is 2.24. The summed E-state index contributed by atoms with van der Waals surface area (Å²) < 4.78 is 5.06. The molecule has 3 aromatic heterocycles. The Kier molecular flexibility index (Phi) is 6.00. The average molecular weight is 449 g/mol. The van der Waals surface area contributed by atoms with Crippen molar-refractivity contribution in [3.63, 3.8) is 0 Å². The lowest BCUT2D eigenvalue weighted by molar-refractivity contribution is 0.0950. The van der Waals surface area contributed by atoms with Crippen LogP contribution < -0.4 is 20.9 Å². The van der Waals surface area contributed by atoms with Crippen LogP contribution in [0.25, 0.3) is 10.9 Å². The molecule has 0 radical (unpaired) electrons. The van der Waals surface area contributed by atoms with E-state index in [1.807, 2.05) is 24.4 Å². The minimum atomic E-state index is -0.580. The number of carbonyl (C=O) groups is 2. The van der Waals surface area contributed by atoms with Crippen molar-refractivity contribution < 1.29 is 14.3 Å². The van der Waals surface area contributed by atoms with Crippen LogP contribution in [0.2, 0.25) is 0 Å². The molecule has 0 aliphatic heterocycles. The third kappa shape index (κ3) is 4.52. The lowest BCUT2D eigenvalue weighted by atomic mass is 10.1. The number of carbonyl (C=O) groups excluding carboxylic acids is 2. The Hall–Kier alpha value is -3.98. The highest BCUT2D eigenvalue weighted by molar-refractivity contribution is 7.09. The summed E-state index contributed by atoms with van der Waals surface area (Å²) in [6, 6.07) is 12.0. The number of rotatable bonds is 6. The van der Waals surface area contributed by atoms with Crippen LogP contribution in [-0.4, -0.2) is 28.9 Å². The Labute approximate surface area is 187 Å². The van der Waals surface area contributed by atoms with Crippen LogP contribution in [0, 0.1) is 6.92 Å². The third-order valence-corrected chi connectivity index (χ3v) is 5.78. The fraction of sp³-hybridized carbons (Fsp3) is 0.130. The quantitative estimate of drug-likeness (QED) is 0.418. The standard InChI is InChI=1S/C23H20N4O4S/c1-13-5-6-14(21(28)25-12-16-4-3-7-32-16)9-18(13)26-22(29)17-8-15-11-24-20(31-2)10-19(15)27-23(17)30/h3-11H,12H2,1-2H3,(H,25,28)(H,26,29)(H,27,30). The Bertz CT molecular complexity index is 1360. The number of hydrogen-bond acceptors (Lipinski definition) is 6. The summed E-state index contributed by atoms with van der Waals surface area (Å²) in [6.07, 6.45) is 1.52. The van der Waals surface area contributed by atoms with Gasteiger partial charge in [-0.1, -0.05) is 12.1 Å². The molecule has 0 unspecified atom stereocenters. The van der Waals surface area contributed by atoms with Gasteiger partial charge in [0.25, 0.3) is 17.4 Å². The molecule has 0 fully saturated rings. The molecule has 9 heteroatoms. The summed E-state index contributed by atoms with van der Waals surface area (Å²) in [5.74, 6) is -0.476. The first-order chi connectivity index (χ1) is 15.4. The van der Waals surface area contributed by atoms with E-state index in [0.29, 0.717) is 34.6 Å². The van der Waals surface area contributed by atoms with Gasteiger partial charge in [0.15, 0.2) is 0 Å². The molecule has 0 bridgehead atoms. The fourth-order valence-corrected chi connectivity index (χ4v) is 3.78. The van der Waals surface area contributed by atoms with Crippen molar-refractivity contribution in [2.75, 3.05) is 12.4 Å². The van der Waals surface area contributed by atoms with Crippen molar-refractivity contribution in [3.05, 3.63) is 86.0 Å². The van der Waals surface area contributed by atoms with E-state index in [-0.39, 0.29) is 11.5 Å². The van der Waals surface area contributed by atoms with Gasteiger partial charge in [0, 0.05) is 33.8 Å². The first-order valence-corrected chi connectivity index (χ1v) is 10.6. The fourth-order valence-electron chi connectivity index (χ4n) is 3.13. The molecule has 3 N–H and O–H groups in total. The van der Waals surface area contributed by atoms with E-state index in [1.54, 1.807) is 35.6 Å². The van der Waals surface area contributed by atoms with Crippen LogP contribution in [0.5, 0.6) is 5.88 Å². The maximum absolute atomic E-state index is 12.8. The molecule has 32 heavy (non-hydrogen) atoms. The van der Waals surface area contributed by atoms with Crippen LogP contribution in [0.4, 0.5) is 5.69 Å². The van der Waals surface area contributed by atoms with Crippen molar-refractivity contribution in [2.45, 2.75) is 13.5 Å². The highest BCUT2D eigenvalue weighted by Crippen LogP contribution is 2.20. The second-order valence-electron chi connectivity index (χ2n) is 7.07. The summed E-state index contributed by atoms with van der Waals surface area (Å²) in [5.41, 5.74) is 1.54. The number of ether oxygens (including phenoxy) is 1. The largest absolute Gasteiger partial charge is 0.481 e. The number of aromatic nitrogens is 2. The Balaban J connectivity index is 1.55. The van der Waals surface area contributed by atoms with Gasteiger partial charge in [0.1, 0.15) is 5.56 Å². The highest BCUT2D eigenvalue weighted by Gasteiger charge is 2.15. The molecule has 162 valence electrons. The van der Waals surface area contributed by atoms with Crippen molar-refractivity contribution in [1.82, 2.24) is 15.3 Å². The number of hydrogen-bond donors (Lipinski definition) is 3. The summed E-state index contributed by atoms with van der Waals surface area (Å²) in [7, 11) is 1.48. The number of anilines is 1. The Morgan fingerprint density at radius 1 is 1.16 bits per heavy atom. The molecular weight excluding hydrogens is 428 g/mol. The highest BCUT2D eigenvalue weighted by atomic mass is 32.1. The van der Waals surface area contributed by atoms with Gasteiger partial charge < -0.3 is 20.4 Å². The van der Waals surface area contributed by atoms with Crippen LogP contribution in [0.1, 0.15) is 31.2 Å². The molecule has 4 rings (SSSR count).